The molecule has 1 amide bonds. The van der Waals surface area contributed by atoms with Crippen molar-refractivity contribution in [2.75, 3.05) is 6.54 Å². The van der Waals surface area contributed by atoms with Crippen LogP contribution in [0.4, 0.5) is 0 Å². The van der Waals surface area contributed by atoms with Gasteiger partial charge in [0, 0.05) is 30.2 Å². The zero-order chi connectivity index (χ0) is 9.26. The summed E-state index contributed by atoms with van der Waals surface area (Å²) in [5.74, 6) is 1.04. The Morgan fingerprint density at radius 2 is 2.62 bits per heavy atom. The molecule has 0 aliphatic carbocycles. The zero-order valence-corrected chi connectivity index (χ0v) is 8.62. The summed E-state index contributed by atoms with van der Waals surface area (Å²) in [6, 6.07) is 0. The second-order valence-corrected chi connectivity index (χ2v) is 4.41. The van der Waals surface area contributed by atoms with Crippen molar-refractivity contribution in [1.82, 2.24) is 14.9 Å². The highest BCUT2D eigenvalue weighted by molar-refractivity contribution is 9.09. The standard InChI is InChI=1S/C8H10BrN3O/c9-6-3-8(13)12(4-6)5-7-10-1-2-11-7/h1-2,6H,3-5H2,(H,10,11). The third kappa shape index (κ3) is 1.91. The number of H-pyrrole nitrogens is 1. The average Bonchev–Trinajstić information content (AvgIpc) is 2.63. The molecule has 0 aromatic carbocycles. The van der Waals surface area contributed by atoms with Gasteiger partial charge < -0.3 is 9.88 Å². The number of rotatable bonds is 2. The van der Waals surface area contributed by atoms with Crippen LogP contribution in [0.3, 0.4) is 0 Å². The molecule has 1 fully saturated rings. The molecule has 1 N–H and O–H groups in total. The van der Waals surface area contributed by atoms with E-state index in [1.165, 1.54) is 0 Å². The van der Waals surface area contributed by atoms with E-state index >= 15 is 0 Å². The van der Waals surface area contributed by atoms with Gasteiger partial charge in [-0.15, -0.1) is 0 Å². The first-order chi connectivity index (χ1) is 6.25. The fraction of sp³-hybridized carbons (Fsp3) is 0.500. The maximum absolute atomic E-state index is 11.4. The van der Waals surface area contributed by atoms with Crippen molar-refractivity contribution in [2.45, 2.75) is 17.8 Å². The Morgan fingerprint density at radius 3 is 3.15 bits per heavy atom. The molecule has 1 saturated heterocycles. The van der Waals surface area contributed by atoms with E-state index in [2.05, 4.69) is 25.9 Å². The third-order valence-electron chi connectivity index (χ3n) is 2.06. The maximum atomic E-state index is 11.4. The van der Waals surface area contributed by atoms with Crippen LogP contribution in [-0.2, 0) is 11.3 Å². The molecule has 70 valence electrons. The van der Waals surface area contributed by atoms with Crippen LogP contribution < -0.4 is 0 Å². The van der Waals surface area contributed by atoms with Crippen molar-refractivity contribution in [3.05, 3.63) is 18.2 Å². The summed E-state index contributed by atoms with van der Waals surface area (Å²) in [7, 11) is 0. The van der Waals surface area contributed by atoms with Gasteiger partial charge >= 0.3 is 0 Å². The van der Waals surface area contributed by atoms with Crippen LogP contribution in [0.5, 0.6) is 0 Å². The fourth-order valence-electron chi connectivity index (χ4n) is 1.44. The molecule has 1 aromatic rings. The molecule has 0 spiro atoms. The highest BCUT2D eigenvalue weighted by Crippen LogP contribution is 2.19. The number of hydrogen-bond acceptors (Lipinski definition) is 2. The summed E-state index contributed by atoms with van der Waals surface area (Å²) < 4.78 is 0. The molecule has 0 radical (unpaired) electrons. The number of carbonyl (C=O) groups excluding carboxylic acids is 1. The molecule has 5 heteroatoms. The predicted octanol–water partition coefficient (Wildman–Crippen LogP) is 0.905. The third-order valence-corrected chi connectivity index (χ3v) is 2.68. The van der Waals surface area contributed by atoms with Gasteiger partial charge in [-0.25, -0.2) is 4.98 Å². The van der Waals surface area contributed by atoms with Gasteiger partial charge in [0.15, 0.2) is 0 Å². The molecule has 4 nitrogen and oxygen atoms in total. The second kappa shape index (κ2) is 3.49. The Morgan fingerprint density at radius 1 is 1.77 bits per heavy atom. The summed E-state index contributed by atoms with van der Waals surface area (Å²) >= 11 is 3.43. The van der Waals surface area contributed by atoms with Gasteiger partial charge in [-0.3, -0.25) is 4.79 Å². The minimum Gasteiger partial charge on any atom is -0.347 e. The number of halogens is 1. The number of likely N-dealkylation sites (tertiary alicyclic amines) is 1. The first-order valence-electron chi connectivity index (χ1n) is 4.16. The molecular weight excluding hydrogens is 234 g/mol. The van der Waals surface area contributed by atoms with Crippen LogP contribution in [0, 0.1) is 0 Å². The van der Waals surface area contributed by atoms with Gasteiger partial charge in [0.25, 0.3) is 0 Å². The van der Waals surface area contributed by atoms with Gasteiger partial charge in [0.1, 0.15) is 5.82 Å². The summed E-state index contributed by atoms with van der Waals surface area (Å²) in [5, 5.41) is 0. The largest absolute Gasteiger partial charge is 0.347 e. The monoisotopic (exact) mass is 243 g/mol. The Labute approximate surface area is 84.5 Å². The number of carbonyl (C=O) groups is 1. The second-order valence-electron chi connectivity index (χ2n) is 3.11. The lowest BCUT2D eigenvalue weighted by Crippen LogP contribution is -2.25. The lowest BCUT2D eigenvalue weighted by Gasteiger charge is -2.13. The smallest absolute Gasteiger partial charge is 0.224 e. The van der Waals surface area contributed by atoms with Crippen molar-refractivity contribution in [2.24, 2.45) is 0 Å². The normalized spacial score (nSPS) is 22.7. The van der Waals surface area contributed by atoms with E-state index in [0.29, 0.717) is 17.8 Å². The quantitative estimate of drug-likeness (QED) is 0.786. The Balaban J connectivity index is 1.99. The van der Waals surface area contributed by atoms with Crippen LogP contribution in [0.2, 0.25) is 0 Å². The van der Waals surface area contributed by atoms with Crippen molar-refractivity contribution in [1.29, 1.82) is 0 Å². The minimum absolute atomic E-state index is 0.193. The van der Waals surface area contributed by atoms with E-state index in [-0.39, 0.29) is 5.91 Å². The summed E-state index contributed by atoms with van der Waals surface area (Å²) in [6.45, 7) is 1.37. The Hall–Kier alpha value is -0.840. The number of imidazole rings is 1. The molecule has 0 saturated carbocycles. The summed E-state index contributed by atoms with van der Waals surface area (Å²) in [6.07, 6.45) is 4.06. The van der Waals surface area contributed by atoms with Gasteiger partial charge in [-0.05, 0) is 0 Å². The van der Waals surface area contributed by atoms with Gasteiger partial charge in [0.05, 0.1) is 6.54 Å². The molecule has 13 heavy (non-hydrogen) atoms. The van der Waals surface area contributed by atoms with Crippen molar-refractivity contribution >= 4 is 21.8 Å². The summed E-state index contributed by atoms with van der Waals surface area (Å²) in [4.78, 5) is 20.5. The number of aromatic amines is 1. The SMILES string of the molecule is O=C1CC(Br)CN1Cc1ncc[nH]1. The molecule has 0 bridgehead atoms. The maximum Gasteiger partial charge on any atom is 0.224 e. The van der Waals surface area contributed by atoms with Gasteiger partial charge in [-0.2, -0.15) is 0 Å². The van der Waals surface area contributed by atoms with E-state index in [1.807, 2.05) is 0 Å². The number of nitrogens with zero attached hydrogens (tertiary/aromatic N) is 2. The van der Waals surface area contributed by atoms with E-state index in [1.54, 1.807) is 17.3 Å². The van der Waals surface area contributed by atoms with Crippen LogP contribution in [0.25, 0.3) is 0 Å². The number of aromatic nitrogens is 2. The van der Waals surface area contributed by atoms with E-state index in [9.17, 15) is 4.79 Å². The van der Waals surface area contributed by atoms with E-state index in [4.69, 9.17) is 0 Å². The molecule has 1 aliphatic heterocycles. The van der Waals surface area contributed by atoms with Crippen LogP contribution >= 0.6 is 15.9 Å². The molecular formula is C8H10BrN3O. The fourth-order valence-corrected chi connectivity index (χ4v) is 2.07. The first kappa shape index (κ1) is 8.74. The molecule has 1 aromatic heterocycles. The van der Waals surface area contributed by atoms with E-state index in [0.717, 1.165) is 12.4 Å². The minimum atomic E-state index is 0.193. The number of nitrogens with one attached hydrogen (secondary N) is 1. The molecule has 2 rings (SSSR count). The number of hydrogen-bond donors (Lipinski definition) is 1. The highest BCUT2D eigenvalue weighted by Gasteiger charge is 2.27. The molecule has 2 heterocycles. The molecule has 1 unspecified atom stereocenters. The molecule has 1 aliphatic rings. The van der Waals surface area contributed by atoms with Crippen LogP contribution in [-0.4, -0.2) is 32.1 Å². The van der Waals surface area contributed by atoms with Crippen LogP contribution in [0.1, 0.15) is 12.2 Å². The van der Waals surface area contributed by atoms with Crippen molar-refractivity contribution in [3.8, 4) is 0 Å². The van der Waals surface area contributed by atoms with Crippen molar-refractivity contribution < 1.29 is 4.79 Å². The van der Waals surface area contributed by atoms with Gasteiger partial charge in [0.2, 0.25) is 5.91 Å². The average molecular weight is 244 g/mol. The highest BCUT2D eigenvalue weighted by atomic mass is 79.9. The van der Waals surface area contributed by atoms with E-state index < -0.39 is 0 Å². The zero-order valence-electron chi connectivity index (χ0n) is 7.03. The Bertz CT molecular complexity index is 298. The molecule has 1 atom stereocenters. The Kier molecular flexibility index (Phi) is 2.35. The lowest BCUT2D eigenvalue weighted by molar-refractivity contribution is -0.128. The van der Waals surface area contributed by atoms with Crippen LogP contribution in [0.15, 0.2) is 12.4 Å². The number of alkyl halides is 1. The number of amides is 1. The lowest BCUT2D eigenvalue weighted by atomic mass is 10.4. The van der Waals surface area contributed by atoms with Crippen molar-refractivity contribution in [3.63, 3.8) is 0 Å². The summed E-state index contributed by atoms with van der Waals surface area (Å²) in [5.41, 5.74) is 0. The van der Waals surface area contributed by atoms with Gasteiger partial charge in [-0.1, -0.05) is 15.9 Å². The first-order valence-corrected chi connectivity index (χ1v) is 5.07. The topological polar surface area (TPSA) is 49.0 Å². The predicted molar refractivity (Wildman–Crippen MR) is 51.3 cm³/mol.